The molecule has 0 N–H and O–H groups in total. The van der Waals surface area contributed by atoms with Gasteiger partial charge in [0.15, 0.2) is 0 Å². The maximum Gasteiger partial charge on any atom is 0.208 e. The summed E-state index contributed by atoms with van der Waals surface area (Å²) in [7, 11) is 0. The van der Waals surface area contributed by atoms with Crippen molar-refractivity contribution in [2.75, 3.05) is 17.7 Å². The van der Waals surface area contributed by atoms with E-state index in [0.717, 1.165) is 17.0 Å². The van der Waals surface area contributed by atoms with Gasteiger partial charge in [-0.05, 0) is 53.2 Å². The SMILES string of the molecule is CSC(=O)CN1C(=CC=CC=CC=CC=CC2=C(CC(C)=O)c3ccccc3C2(C)C)C(C)(C)c2ccccc21. The number of nitrogens with zero attached hydrogens (tertiary/aromatic N) is 1. The van der Waals surface area contributed by atoms with Crippen LogP contribution in [0.1, 0.15) is 57.7 Å². The van der Waals surface area contributed by atoms with Crippen LogP contribution in [0.3, 0.4) is 0 Å². The second kappa shape index (κ2) is 12.3. The summed E-state index contributed by atoms with van der Waals surface area (Å²) in [5.74, 6) is 0.178. The lowest BCUT2D eigenvalue weighted by molar-refractivity contribution is -0.116. The Kier molecular flexibility index (Phi) is 9.00. The number of Topliss-reactive ketones (excluding diaryl/α,β-unsaturated/α-hetero) is 1. The average Bonchev–Trinajstić information content (AvgIpc) is 3.26. The normalized spacial score (nSPS) is 18.6. The van der Waals surface area contributed by atoms with Crippen molar-refractivity contribution in [1.82, 2.24) is 0 Å². The predicted octanol–water partition coefficient (Wildman–Crippen LogP) is 8.51. The average molecular weight is 550 g/mol. The van der Waals surface area contributed by atoms with E-state index in [1.165, 1.54) is 34.0 Å². The molecule has 1 aliphatic carbocycles. The van der Waals surface area contributed by atoms with E-state index in [4.69, 9.17) is 0 Å². The number of hydrogen-bond donors (Lipinski definition) is 0. The van der Waals surface area contributed by atoms with Crippen LogP contribution in [-0.2, 0) is 20.4 Å². The van der Waals surface area contributed by atoms with Gasteiger partial charge in [0.25, 0.3) is 0 Å². The van der Waals surface area contributed by atoms with Crippen LogP contribution in [0, 0.1) is 0 Å². The summed E-state index contributed by atoms with van der Waals surface area (Å²) in [5, 5.41) is 0.148. The van der Waals surface area contributed by atoms with Gasteiger partial charge in [0.05, 0.1) is 6.54 Å². The van der Waals surface area contributed by atoms with Gasteiger partial charge in [0, 0.05) is 28.6 Å². The summed E-state index contributed by atoms with van der Waals surface area (Å²) in [6.45, 7) is 10.9. The van der Waals surface area contributed by atoms with Gasteiger partial charge in [-0.25, -0.2) is 0 Å². The Labute approximate surface area is 243 Å². The molecule has 4 rings (SSSR count). The van der Waals surface area contributed by atoms with Gasteiger partial charge in [-0.1, -0.05) is 131 Å². The van der Waals surface area contributed by atoms with E-state index >= 15 is 0 Å². The zero-order chi connectivity index (χ0) is 28.9. The van der Waals surface area contributed by atoms with Crippen LogP contribution in [0.4, 0.5) is 5.69 Å². The lowest BCUT2D eigenvalue weighted by Crippen LogP contribution is -2.29. The second-order valence-corrected chi connectivity index (χ2v) is 12.2. The minimum atomic E-state index is -0.183. The molecule has 0 atom stereocenters. The Morgan fingerprint density at radius 2 is 1.40 bits per heavy atom. The highest BCUT2D eigenvalue weighted by Crippen LogP contribution is 2.48. The third-order valence-electron chi connectivity index (χ3n) is 7.85. The van der Waals surface area contributed by atoms with Crippen molar-refractivity contribution in [3.05, 3.63) is 131 Å². The Bertz CT molecular complexity index is 1480. The van der Waals surface area contributed by atoms with Gasteiger partial charge < -0.3 is 4.90 Å². The summed E-state index contributed by atoms with van der Waals surface area (Å²) in [6, 6.07) is 16.7. The number of benzene rings is 2. The molecule has 206 valence electrons. The first-order valence-electron chi connectivity index (χ1n) is 13.7. The van der Waals surface area contributed by atoms with Gasteiger partial charge >= 0.3 is 0 Å². The Balaban J connectivity index is 1.46. The zero-order valence-corrected chi connectivity index (χ0v) is 25.2. The van der Waals surface area contributed by atoms with Gasteiger partial charge in [0.2, 0.25) is 5.12 Å². The minimum Gasteiger partial charge on any atom is -0.336 e. The summed E-state index contributed by atoms with van der Waals surface area (Å²) >= 11 is 1.27. The number of ketones is 1. The fraction of sp³-hybridized carbons (Fsp3) is 0.278. The number of hydrogen-bond acceptors (Lipinski definition) is 4. The molecule has 2 aliphatic rings. The molecule has 0 amide bonds. The van der Waals surface area contributed by atoms with Crippen LogP contribution in [0.2, 0.25) is 0 Å². The smallest absolute Gasteiger partial charge is 0.208 e. The van der Waals surface area contributed by atoms with E-state index in [1.54, 1.807) is 6.92 Å². The number of thioether (sulfide) groups is 1. The number of fused-ring (bicyclic) bond motifs is 2. The third-order valence-corrected chi connectivity index (χ3v) is 8.43. The molecular formula is C36H39NO2S. The molecule has 1 heterocycles. The van der Waals surface area contributed by atoms with Crippen LogP contribution >= 0.6 is 11.8 Å². The van der Waals surface area contributed by atoms with Crippen molar-refractivity contribution in [2.24, 2.45) is 0 Å². The number of carbonyl (C=O) groups excluding carboxylic acids is 2. The topological polar surface area (TPSA) is 37.4 Å². The van der Waals surface area contributed by atoms with Gasteiger partial charge in [-0.2, -0.15) is 0 Å². The lowest BCUT2D eigenvalue weighted by atomic mass is 9.81. The molecule has 0 radical (unpaired) electrons. The molecular weight excluding hydrogens is 510 g/mol. The van der Waals surface area contributed by atoms with Crippen LogP contribution in [0.25, 0.3) is 5.57 Å². The van der Waals surface area contributed by atoms with E-state index < -0.39 is 0 Å². The summed E-state index contributed by atoms with van der Waals surface area (Å²) in [4.78, 5) is 26.5. The molecule has 40 heavy (non-hydrogen) atoms. The number of rotatable bonds is 9. The molecule has 0 aromatic heterocycles. The molecule has 0 spiro atoms. The molecule has 2 aromatic rings. The van der Waals surface area contributed by atoms with E-state index in [9.17, 15) is 9.59 Å². The lowest BCUT2D eigenvalue weighted by Gasteiger charge is -2.26. The molecule has 2 aromatic carbocycles. The fourth-order valence-corrected chi connectivity index (χ4v) is 6.09. The number of allylic oxidation sites excluding steroid dienone is 12. The van der Waals surface area contributed by atoms with E-state index in [-0.39, 0.29) is 21.7 Å². The number of anilines is 1. The van der Waals surface area contributed by atoms with Crippen molar-refractivity contribution in [2.45, 2.75) is 51.9 Å². The van der Waals surface area contributed by atoms with Crippen LogP contribution in [0.5, 0.6) is 0 Å². The highest BCUT2D eigenvalue weighted by atomic mass is 32.2. The quantitative estimate of drug-likeness (QED) is 0.294. The maximum atomic E-state index is 12.3. The van der Waals surface area contributed by atoms with Gasteiger partial charge in [-0.15, -0.1) is 0 Å². The van der Waals surface area contributed by atoms with E-state index in [2.05, 4.69) is 87.2 Å². The Morgan fingerprint density at radius 3 is 2.08 bits per heavy atom. The second-order valence-electron chi connectivity index (χ2n) is 11.3. The van der Waals surface area contributed by atoms with Crippen LogP contribution < -0.4 is 4.90 Å². The summed E-state index contributed by atoms with van der Waals surface area (Å²) in [5.41, 5.74) is 7.95. The van der Waals surface area contributed by atoms with Crippen molar-refractivity contribution in [3.8, 4) is 0 Å². The Morgan fingerprint density at radius 1 is 0.800 bits per heavy atom. The first kappa shape index (κ1) is 29.4. The minimum absolute atomic E-state index is 0.139. The molecule has 0 saturated heterocycles. The van der Waals surface area contributed by atoms with Crippen molar-refractivity contribution in [3.63, 3.8) is 0 Å². The number of para-hydroxylation sites is 1. The van der Waals surface area contributed by atoms with Gasteiger partial charge in [-0.3, -0.25) is 9.59 Å². The first-order chi connectivity index (χ1) is 19.1. The Hall–Kier alpha value is -3.63. The fourth-order valence-electron chi connectivity index (χ4n) is 5.83. The number of carbonyl (C=O) groups is 2. The standard InChI is InChI=1S/C36H39NO2S/c1-26(38)24-28-27-18-14-15-20-29(27)35(2,3)30(28)19-12-10-8-7-9-11-13-23-33-36(4,5)31-21-16-17-22-32(31)37(33)25-34(39)40-6/h7-23H,24-25H2,1-6H3. The molecule has 0 bridgehead atoms. The van der Waals surface area contributed by atoms with E-state index in [0.29, 0.717) is 13.0 Å². The largest absolute Gasteiger partial charge is 0.336 e. The van der Waals surface area contributed by atoms with Crippen LogP contribution in [0.15, 0.2) is 114 Å². The van der Waals surface area contributed by atoms with Gasteiger partial charge in [0.1, 0.15) is 5.78 Å². The predicted molar refractivity (Wildman–Crippen MR) is 172 cm³/mol. The van der Waals surface area contributed by atoms with Crippen LogP contribution in [-0.4, -0.2) is 23.7 Å². The molecule has 0 unspecified atom stereocenters. The highest BCUT2D eigenvalue weighted by molar-refractivity contribution is 8.13. The molecule has 4 heteroatoms. The summed E-state index contributed by atoms with van der Waals surface area (Å²) < 4.78 is 0. The van der Waals surface area contributed by atoms with E-state index in [1.807, 2.05) is 54.8 Å². The molecule has 1 aliphatic heterocycles. The molecule has 3 nitrogen and oxygen atoms in total. The van der Waals surface area contributed by atoms with Crippen molar-refractivity contribution >= 4 is 33.9 Å². The molecule has 0 fully saturated rings. The first-order valence-corrected chi connectivity index (χ1v) is 15.0. The van der Waals surface area contributed by atoms with Crippen molar-refractivity contribution < 1.29 is 9.59 Å². The third kappa shape index (κ3) is 5.93. The van der Waals surface area contributed by atoms with Crippen molar-refractivity contribution in [1.29, 1.82) is 0 Å². The highest BCUT2D eigenvalue weighted by Gasteiger charge is 2.40. The molecule has 0 saturated carbocycles. The summed E-state index contributed by atoms with van der Waals surface area (Å²) in [6.07, 6.45) is 20.7. The maximum absolute atomic E-state index is 12.3. The monoisotopic (exact) mass is 549 g/mol. The zero-order valence-electron chi connectivity index (χ0n) is 24.4.